The van der Waals surface area contributed by atoms with Gasteiger partial charge < -0.3 is 20.9 Å². The molecule has 4 rings (SSSR count). The zero-order chi connectivity index (χ0) is 28.3. The molecule has 3 aromatic rings. The van der Waals surface area contributed by atoms with Gasteiger partial charge in [-0.05, 0) is 94.0 Å². The summed E-state index contributed by atoms with van der Waals surface area (Å²) in [5, 5.41) is 8.72. The number of nitrogens with zero attached hydrogens (tertiary/aromatic N) is 1. The molecule has 2 unspecified atom stereocenters. The highest BCUT2D eigenvalue weighted by Gasteiger charge is 2.37. The summed E-state index contributed by atoms with van der Waals surface area (Å²) >= 11 is 0. The minimum absolute atomic E-state index is 0.148. The Hall–Kier alpha value is -4.13. The molecule has 204 valence electrons. The highest BCUT2D eigenvalue weighted by atomic mass is 16.2. The van der Waals surface area contributed by atoms with Crippen molar-refractivity contribution in [3.05, 3.63) is 94.5 Å². The molecular weight excluding hydrogens is 488 g/mol. The Bertz CT molecular complexity index is 1390. The van der Waals surface area contributed by atoms with E-state index in [1.165, 1.54) is 10.5 Å². The van der Waals surface area contributed by atoms with Gasteiger partial charge in [0.1, 0.15) is 12.6 Å². The molecule has 0 spiro atoms. The summed E-state index contributed by atoms with van der Waals surface area (Å²) in [6.45, 7) is 11.6. The lowest BCUT2D eigenvalue weighted by Gasteiger charge is -2.28. The molecule has 0 fully saturated rings. The molecule has 0 bridgehead atoms. The van der Waals surface area contributed by atoms with Gasteiger partial charge in [-0.1, -0.05) is 48.5 Å². The first-order chi connectivity index (χ1) is 18.4. The Labute approximate surface area is 231 Å². The van der Waals surface area contributed by atoms with Gasteiger partial charge in [0, 0.05) is 22.8 Å². The summed E-state index contributed by atoms with van der Waals surface area (Å²) in [6.07, 6.45) is 0.358. The molecule has 0 aromatic heterocycles. The van der Waals surface area contributed by atoms with Crippen LogP contribution < -0.4 is 20.9 Å². The molecule has 3 N–H and O–H groups in total. The van der Waals surface area contributed by atoms with E-state index in [2.05, 4.69) is 48.0 Å². The number of carbonyl (C=O) groups is 3. The standard InChI is InChI=1S/C32H38N4O3/c1-20-10-9-11-24(16-20)33-31(39)34-27-18-26(23-15-14-21(2)22(3)17-23)25-12-7-8-13-28(25)36(30(27)38)19-29(37)35-32(4,5)6/h7-17,26-27H,18-19H2,1-6H3,(H,35,37)(H2,33,34,39). The average molecular weight is 527 g/mol. The number of fused-ring (bicyclic) bond motifs is 1. The maximum absolute atomic E-state index is 14.1. The third kappa shape index (κ3) is 6.85. The van der Waals surface area contributed by atoms with Crippen LogP contribution in [0.25, 0.3) is 0 Å². The molecule has 7 nitrogen and oxygen atoms in total. The van der Waals surface area contributed by atoms with E-state index in [-0.39, 0.29) is 24.3 Å². The second kappa shape index (κ2) is 11.3. The number of aryl methyl sites for hydroxylation is 3. The van der Waals surface area contributed by atoms with Crippen LogP contribution in [0.5, 0.6) is 0 Å². The fourth-order valence-corrected chi connectivity index (χ4v) is 5.03. The van der Waals surface area contributed by atoms with Crippen molar-refractivity contribution in [2.24, 2.45) is 0 Å². The van der Waals surface area contributed by atoms with Gasteiger partial charge >= 0.3 is 6.03 Å². The van der Waals surface area contributed by atoms with Gasteiger partial charge in [-0.2, -0.15) is 0 Å². The van der Waals surface area contributed by atoms with Crippen LogP contribution in [0.1, 0.15) is 60.9 Å². The normalized spacial score (nSPS) is 17.2. The van der Waals surface area contributed by atoms with E-state index in [0.717, 1.165) is 22.3 Å². The number of hydrogen-bond donors (Lipinski definition) is 3. The number of anilines is 2. The zero-order valence-electron chi connectivity index (χ0n) is 23.6. The lowest BCUT2D eigenvalue weighted by atomic mass is 9.85. The number of rotatable bonds is 5. The van der Waals surface area contributed by atoms with Gasteiger partial charge in [-0.15, -0.1) is 0 Å². The number of urea groups is 1. The summed E-state index contributed by atoms with van der Waals surface area (Å²) in [5.41, 5.74) is 6.24. The van der Waals surface area contributed by atoms with E-state index in [4.69, 9.17) is 0 Å². The van der Waals surface area contributed by atoms with Crippen molar-refractivity contribution in [3.63, 3.8) is 0 Å². The van der Waals surface area contributed by atoms with Crippen LogP contribution in [0.15, 0.2) is 66.7 Å². The first-order valence-corrected chi connectivity index (χ1v) is 13.3. The van der Waals surface area contributed by atoms with Gasteiger partial charge in [-0.3, -0.25) is 9.59 Å². The van der Waals surface area contributed by atoms with Crippen molar-refractivity contribution in [1.82, 2.24) is 10.6 Å². The molecule has 1 aliphatic rings. The summed E-state index contributed by atoms with van der Waals surface area (Å²) < 4.78 is 0. The molecule has 0 radical (unpaired) electrons. The Kier molecular flexibility index (Phi) is 8.09. The number of benzene rings is 3. The molecule has 0 saturated heterocycles. The topological polar surface area (TPSA) is 90.5 Å². The minimum Gasteiger partial charge on any atom is -0.350 e. The minimum atomic E-state index is -0.851. The number of para-hydroxylation sites is 1. The summed E-state index contributed by atoms with van der Waals surface area (Å²) in [7, 11) is 0. The number of amides is 4. The Morgan fingerprint density at radius 2 is 1.67 bits per heavy atom. The van der Waals surface area contributed by atoms with Crippen molar-refractivity contribution in [2.75, 3.05) is 16.8 Å². The number of hydrogen-bond acceptors (Lipinski definition) is 3. The summed E-state index contributed by atoms with van der Waals surface area (Å²) in [4.78, 5) is 41.7. The fraction of sp³-hybridized carbons (Fsp3) is 0.344. The van der Waals surface area contributed by atoms with Gasteiger partial charge in [0.05, 0.1) is 0 Å². The molecule has 2 atom stereocenters. The largest absolute Gasteiger partial charge is 0.350 e. The molecule has 39 heavy (non-hydrogen) atoms. The first-order valence-electron chi connectivity index (χ1n) is 13.3. The Balaban J connectivity index is 1.72. The van der Waals surface area contributed by atoms with E-state index in [1.807, 2.05) is 70.2 Å². The van der Waals surface area contributed by atoms with Crippen molar-refractivity contribution < 1.29 is 14.4 Å². The van der Waals surface area contributed by atoms with Gasteiger partial charge in [0.2, 0.25) is 11.8 Å². The molecule has 7 heteroatoms. The highest BCUT2D eigenvalue weighted by Crippen LogP contribution is 2.39. The zero-order valence-corrected chi connectivity index (χ0v) is 23.6. The Morgan fingerprint density at radius 1 is 0.923 bits per heavy atom. The lowest BCUT2D eigenvalue weighted by molar-refractivity contribution is -0.125. The first kappa shape index (κ1) is 27.9. The maximum Gasteiger partial charge on any atom is 0.319 e. The molecule has 0 saturated carbocycles. The molecule has 0 aliphatic carbocycles. The van der Waals surface area contributed by atoms with Crippen molar-refractivity contribution >= 4 is 29.2 Å². The van der Waals surface area contributed by atoms with Gasteiger partial charge in [0.15, 0.2) is 0 Å². The van der Waals surface area contributed by atoms with Crippen LogP contribution in [0.3, 0.4) is 0 Å². The van der Waals surface area contributed by atoms with Crippen LogP contribution in [-0.4, -0.2) is 36.0 Å². The maximum atomic E-state index is 14.1. The van der Waals surface area contributed by atoms with Crippen LogP contribution in [-0.2, 0) is 9.59 Å². The lowest BCUT2D eigenvalue weighted by Crippen LogP contribution is -2.53. The number of nitrogens with one attached hydrogen (secondary N) is 3. The van der Waals surface area contributed by atoms with Gasteiger partial charge in [-0.25, -0.2) is 4.79 Å². The monoisotopic (exact) mass is 526 g/mol. The van der Waals surface area contributed by atoms with Gasteiger partial charge in [0.25, 0.3) is 0 Å². The summed E-state index contributed by atoms with van der Waals surface area (Å²) in [6, 6.07) is 20.2. The third-order valence-electron chi connectivity index (χ3n) is 6.97. The van der Waals surface area contributed by atoms with E-state index < -0.39 is 17.6 Å². The smallest absolute Gasteiger partial charge is 0.319 e. The van der Waals surface area contributed by atoms with Crippen LogP contribution in [0, 0.1) is 20.8 Å². The third-order valence-corrected chi connectivity index (χ3v) is 6.97. The van der Waals surface area contributed by atoms with Crippen LogP contribution >= 0.6 is 0 Å². The second-order valence-electron chi connectivity index (χ2n) is 11.4. The second-order valence-corrected chi connectivity index (χ2v) is 11.4. The van der Waals surface area contributed by atoms with Crippen molar-refractivity contribution in [2.45, 2.75) is 65.5 Å². The van der Waals surface area contributed by atoms with E-state index in [1.54, 1.807) is 6.07 Å². The quantitative estimate of drug-likeness (QED) is 0.405. The predicted molar refractivity (Wildman–Crippen MR) is 156 cm³/mol. The molecular formula is C32H38N4O3. The number of carbonyl (C=O) groups excluding carboxylic acids is 3. The molecule has 4 amide bonds. The fourth-order valence-electron chi connectivity index (χ4n) is 5.03. The van der Waals surface area contributed by atoms with Crippen molar-refractivity contribution in [3.8, 4) is 0 Å². The van der Waals surface area contributed by atoms with Crippen LogP contribution in [0.4, 0.5) is 16.2 Å². The van der Waals surface area contributed by atoms with Crippen molar-refractivity contribution in [1.29, 1.82) is 0 Å². The predicted octanol–water partition coefficient (Wildman–Crippen LogP) is 5.59. The molecule has 3 aromatic carbocycles. The van der Waals surface area contributed by atoms with E-state index in [9.17, 15) is 14.4 Å². The Morgan fingerprint density at radius 3 is 2.36 bits per heavy atom. The van der Waals surface area contributed by atoms with E-state index in [0.29, 0.717) is 17.8 Å². The van der Waals surface area contributed by atoms with E-state index >= 15 is 0 Å². The summed E-state index contributed by atoms with van der Waals surface area (Å²) in [5.74, 6) is -0.750. The SMILES string of the molecule is Cc1cccc(NC(=O)NC2CC(c3ccc(C)c(C)c3)c3ccccc3N(CC(=O)NC(C)(C)C)C2=O)c1. The van der Waals surface area contributed by atoms with Crippen LogP contribution in [0.2, 0.25) is 0 Å². The molecule has 1 aliphatic heterocycles. The highest BCUT2D eigenvalue weighted by molar-refractivity contribution is 6.05. The average Bonchev–Trinajstić information content (AvgIpc) is 2.95. The molecule has 1 heterocycles.